The number of ether oxygens (including phenoxy) is 1. The number of hydrogen-bond acceptors (Lipinski definition) is 3. The van der Waals surface area contributed by atoms with Crippen molar-refractivity contribution < 1.29 is 24.8 Å². The molecule has 0 aliphatic carbocycles. The molecule has 1 aliphatic heterocycles. The van der Waals surface area contributed by atoms with Crippen molar-refractivity contribution in [1.82, 2.24) is 9.97 Å². The summed E-state index contributed by atoms with van der Waals surface area (Å²) in [6.07, 6.45) is 3.68. The van der Waals surface area contributed by atoms with Crippen LogP contribution in [0, 0.1) is 12.1 Å². The second kappa shape index (κ2) is 12.6. The molecule has 0 saturated heterocycles. The van der Waals surface area contributed by atoms with E-state index in [2.05, 4.69) is 86.4 Å². The van der Waals surface area contributed by atoms with Crippen LogP contribution in [0.5, 0.6) is 11.5 Å². The minimum absolute atomic E-state index is 0. The molecule has 0 amide bonds. The van der Waals surface area contributed by atoms with Gasteiger partial charge in [0.2, 0.25) is 0 Å². The van der Waals surface area contributed by atoms with Crippen molar-refractivity contribution in [2.75, 3.05) is 0 Å². The minimum atomic E-state index is 0. The number of para-hydroxylation sites is 1. The maximum atomic E-state index is 6.40. The third-order valence-electron chi connectivity index (χ3n) is 7.08. The van der Waals surface area contributed by atoms with E-state index in [1.54, 1.807) is 6.20 Å². The van der Waals surface area contributed by atoms with Gasteiger partial charge in [-0.15, -0.1) is 53.6 Å². The molecule has 0 unspecified atom stereocenters. The van der Waals surface area contributed by atoms with E-state index >= 15 is 0 Å². The van der Waals surface area contributed by atoms with Gasteiger partial charge in [-0.1, -0.05) is 93.1 Å². The second-order valence-electron chi connectivity index (χ2n) is 10.9. The zero-order valence-corrected chi connectivity index (χ0v) is 26.2. The Hall–Kier alpha value is -4.37. The average Bonchev–Trinajstić information content (AvgIpc) is 3.16. The summed E-state index contributed by atoms with van der Waals surface area (Å²) in [5, 5.41) is 0. The van der Waals surface area contributed by atoms with Crippen molar-refractivity contribution >= 4 is 0 Å². The number of hydrogen-bond donors (Lipinski definition) is 0. The van der Waals surface area contributed by atoms with E-state index in [0.29, 0.717) is 0 Å². The second-order valence-corrected chi connectivity index (χ2v) is 10.9. The Labute approximate surface area is 261 Å². The van der Waals surface area contributed by atoms with E-state index in [1.165, 1.54) is 5.56 Å². The third kappa shape index (κ3) is 6.11. The number of benzene rings is 4. The first kappa shape index (κ1) is 29.1. The molecule has 0 fully saturated rings. The van der Waals surface area contributed by atoms with Crippen molar-refractivity contribution in [1.29, 1.82) is 0 Å². The Morgan fingerprint density at radius 3 is 2.05 bits per heavy atom. The Balaban J connectivity index is 0.000000228. The molecule has 2 aromatic heterocycles. The van der Waals surface area contributed by atoms with E-state index in [4.69, 9.17) is 9.72 Å². The molecule has 3 nitrogen and oxygen atoms in total. The van der Waals surface area contributed by atoms with E-state index in [1.807, 2.05) is 72.9 Å². The predicted octanol–water partition coefficient (Wildman–Crippen LogP) is 9.83. The van der Waals surface area contributed by atoms with Gasteiger partial charge in [-0.05, 0) is 51.7 Å². The van der Waals surface area contributed by atoms with Crippen LogP contribution < -0.4 is 4.74 Å². The van der Waals surface area contributed by atoms with Crippen LogP contribution in [0.1, 0.15) is 26.3 Å². The Kier molecular flexibility index (Phi) is 8.77. The van der Waals surface area contributed by atoms with Gasteiger partial charge in [0.05, 0.1) is 5.75 Å². The van der Waals surface area contributed by atoms with Crippen molar-refractivity contribution in [3.8, 4) is 56.3 Å². The van der Waals surface area contributed by atoms with Crippen molar-refractivity contribution in [3.63, 3.8) is 0 Å². The number of pyridine rings is 2. The van der Waals surface area contributed by atoms with Gasteiger partial charge >= 0.3 is 0 Å². The summed E-state index contributed by atoms with van der Waals surface area (Å²) in [5.41, 5.74) is 9.63. The van der Waals surface area contributed by atoms with Crippen LogP contribution in [0.15, 0.2) is 128 Å². The fourth-order valence-corrected chi connectivity index (χ4v) is 4.97. The number of nitrogens with zero attached hydrogens (tertiary/aromatic N) is 2. The first-order valence-corrected chi connectivity index (χ1v) is 13.8. The zero-order valence-electron chi connectivity index (χ0n) is 23.8. The van der Waals surface area contributed by atoms with Crippen molar-refractivity contribution in [2.45, 2.75) is 26.2 Å². The van der Waals surface area contributed by atoms with Crippen LogP contribution in [0.2, 0.25) is 0 Å². The van der Waals surface area contributed by atoms with E-state index in [9.17, 15) is 0 Å². The molecule has 0 atom stereocenters. The standard InChI is InChI=1S/C27H22NO.C11H8N.Ir/c1-27(2,3)18-15-16-28-23(17-18)22-12-8-14-25-26(22)21-11-5-4-9-19(21)20-10-6-7-13-24(20)29-25;1-2-6-10(7-3-1)11-8-4-5-9-12-11;/h4-11,13-17H,1-3H3;1-6,8-9H;/q2*-1;. The fourth-order valence-electron chi connectivity index (χ4n) is 4.97. The molecule has 42 heavy (non-hydrogen) atoms. The average molecular weight is 723 g/mol. The third-order valence-corrected chi connectivity index (χ3v) is 7.08. The topological polar surface area (TPSA) is 35.0 Å². The molecule has 1 radical (unpaired) electrons. The van der Waals surface area contributed by atoms with E-state index in [0.717, 1.165) is 56.3 Å². The summed E-state index contributed by atoms with van der Waals surface area (Å²) in [6, 6.07) is 45.1. The number of aromatic nitrogens is 2. The summed E-state index contributed by atoms with van der Waals surface area (Å²) in [4.78, 5) is 8.91. The van der Waals surface area contributed by atoms with Crippen LogP contribution in [0.3, 0.4) is 0 Å². The first-order valence-electron chi connectivity index (χ1n) is 13.8. The van der Waals surface area contributed by atoms with Gasteiger partial charge in [0.15, 0.2) is 0 Å². The van der Waals surface area contributed by atoms with Crippen LogP contribution in [-0.2, 0) is 25.5 Å². The maximum Gasteiger partial charge on any atom is 0.132 e. The van der Waals surface area contributed by atoms with Gasteiger partial charge < -0.3 is 14.7 Å². The van der Waals surface area contributed by atoms with Crippen LogP contribution >= 0.6 is 0 Å². The predicted molar refractivity (Wildman–Crippen MR) is 167 cm³/mol. The first-order chi connectivity index (χ1) is 20.0. The quantitative estimate of drug-likeness (QED) is 0.167. The van der Waals surface area contributed by atoms with Crippen molar-refractivity contribution in [2.24, 2.45) is 0 Å². The van der Waals surface area contributed by atoms with Crippen molar-refractivity contribution in [3.05, 3.63) is 145 Å². The summed E-state index contributed by atoms with van der Waals surface area (Å²) in [6.45, 7) is 6.66. The van der Waals surface area contributed by atoms with Gasteiger partial charge in [0, 0.05) is 38.1 Å². The minimum Gasteiger partial charge on any atom is -0.476 e. The number of fused-ring (bicyclic) bond motifs is 5. The Bertz CT molecular complexity index is 1760. The fraction of sp³-hybridized carbons (Fsp3) is 0.105. The Morgan fingerprint density at radius 2 is 1.31 bits per heavy atom. The molecule has 0 bridgehead atoms. The molecular formula is C38H30IrN2O-2. The van der Waals surface area contributed by atoms with E-state index in [-0.39, 0.29) is 25.5 Å². The SMILES string of the molecule is CC(C)(C)c1ccnc(-c2[c-]ccc3c2-c2ccccc2-c2ccccc2O3)c1.[Ir].[c-]1ccccc1-c1ccccn1. The molecule has 209 valence electrons. The zero-order chi connectivity index (χ0) is 28.2. The summed E-state index contributed by atoms with van der Waals surface area (Å²) in [7, 11) is 0. The molecule has 0 N–H and O–H groups in total. The van der Waals surface area contributed by atoms with Crippen LogP contribution in [0.25, 0.3) is 44.8 Å². The molecule has 3 heterocycles. The normalized spacial score (nSPS) is 11.2. The van der Waals surface area contributed by atoms with Gasteiger partial charge in [-0.25, -0.2) is 0 Å². The monoisotopic (exact) mass is 723 g/mol. The van der Waals surface area contributed by atoms with E-state index < -0.39 is 0 Å². The molecule has 6 aromatic rings. The van der Waals surface area contributed by atoms with Gasteiger partial charge in [-0.3, -0.25) is 0 Å². The Morgan fingerprint density at radius 1 is 0.595 bits per heavy atom. The largest absolute Gasteiger partial charge is 0.476 e. The molecule has 1 aliphatic rings. The molecular weight excluding hydrogens is 693 g/mol. The molecule has 7 rings (SSSR count). The smallest absolute Gasteiger partial charge is 0.132 e. The van der Waals surface area contributed by atoms with Gasteiger partial charge in [-0.2, -0.15) is 0 Å². The molecule has 0 saturated carbocycles. The summed E-state index contributed by atoms with van der Waals surface area (Å²) < 4.78 is 6.40. The molecule has 4 heteroatoms. The summed E-state index contributed by atoms with van der Waals surface area (Å²) in [5.74, 6) is 1.70. The number of rotatable bonds is 2. The van der Waals surface area contributed by atoms with Crippen LogP contribution in [0.4, 0.5) is 0 Å². The maximum absolute atomic E-state index is 6.40. The van der Waals surface area contributed by atoms with Gasteiger partial charge in [0.1, 0.15) is 5.75 Å². The van der Waals surface area contributed by atoms with Gasteiger partial charge in [0.25, 0.3) is 0 Å². The summed E-state index contributed by atoms with van der Waals surface area (Å²) >= 11 is 0. The molecule has 0 spiro atoms. The molecule has 4 aromatic carbocycles. The van der Waals surface area contributed by atoms with Crippen LogP contribution in [-0.4, -0.2) is 9.97 Å².